The van der Waals surface area contributed by atoms with Crippen molar-refractivity contribution in [3.05, 3.63) is 35.4 Å². The highest BCUT2D eigenvalue weighted by Crippen LogP contribution is 2.19. The van der Waals surface area contributed by atoms with E-state index in [9.17, 15) is 19.2 Å². The van der Waals surface area contributed by atoms with Crippen LogP contribution in [0.15, 0.2) is 24.3 Å². The van der Waals surface area contributed by atoms with Gasteiger partial charge < -0.3 is 10.1 Å². The first-order valence-corrected chi connectivity index (χ1v) is 8.42. The second kappa shape index (κ2) is 7.46. The van der Waals surface area contributed by atoms with E-state index in [1.165, 1.54) is 0 Å². The van der Waals surface area contributed by atoms with Gasteiger partial charge in [-0.05, 0) is 24.5 Å². The van der Waals surface area contributed by atoms with Crippen LogP contribution >= 0.6 is 0 Å². The predicted molar refractivity (Wildman–Crippen MR) is 87.5 cm³/mol. The second-order valence-corrected chi connectivity index (χ2v) is 6.33. The molecule has 0 aromatic heterocycles. The largest absolute Gasteiger partial charge is 0.454 e. The summed E-state index contributed by atoms with van der Waals surface area (Å²) < 4.78 is 4.90. The lowest BCUT2D eigenvalue weighted by molar-refractivity contribution is -0.151. The molecule has 1 saturated carbocycles. The first-order valence-electron chi connectivity index (χ1n) is 8.42. The topological polar surface area (TPSA) is 92.8 Å². The summed E-state index contributed by atoms with van der Waals surface area (Å²) in [5.41, 5.74) is 1.06. The van der Waals surface area contributed by atoms with Gasteiger partial charge in [-0.15, -0.1) is 0 Å². The van der Waals surface area contributed by atoms with E-state index in [4.69, 9.17) is 4.74 Å². The number of nitrogens with one attached hydrogen (secondary N) is 1. The van der Waals surface area contributed by atoms with Gasteiger partial charge in [0.1, 0.15) is 6.54 Å². The minimum Gasteiger partial charge on any atom is -0.454 e. The summed E-state index contributed by atoms with van der Waals surface area (Å²) in [6.45, 7) is -0.884. The van der Waals surface area contributed by atoms with Crippen molar-refractivity contribution in [2.24, 2.45) is 0 Å². The van der Waals surface area contributed by atoms with Crippen LogP contribution in [-0.4, -0.2) is 47.8 Å². The average molecular weight is 344 g/mol. The third kappa shape index (κ3) is 4.04. The Bertz CT molecular complexity index is 709. The molecule has 0 unspecified atom stereocenters. The van der Waals surface area contributed by atoms with E-state index in [1.807, 2.05) is 0 Å². The summed E-state index contributed by atoms with van der Waals surface area (Å²) in [5, 5.41) is 2.80. The third-order valence-electron chi connectivity index (χ3n) is 4.51. The zero-order valence-corrected chi connectivity index (χ0v) is 13.8. The van der Waals surface area contributed by atoms with Gasteiger partial charge in [0.05, 0.1) is 6.42 Å². The highest BCUT2D eigenvalue weighted by molar-refractivity contribution is 6.11. The zero-order chi connectivity index (χ0) is 17.8. The molecule has 1 N–H and O–H groups in total. The Morgan fingerprint density at radius 2 is 1.88 bits per heavy atom. The summed E-state index contributed by atoms with van der Waals surface area (Å²) >= 11 is 0. The smallest absolute Gasteiger partial charge is 0.326 e. The van der Waals surface area contributed by atoms with Crippen molar-refractivity contribution in [2.75, 3.05) is 13.2 Å². The summed E-state index contributed by atoms with van der Waals surface area (Å²) in [6.07, 6.45) is 4.12. The molecule has 0 spiro atoms. The third-order valence-corrected chi connectivity index (χ3v) is 4.51. The molecule has 0 radical (unpaired) electrons. The normalized spacial score (nSPS) is 17.4. The molecule has 1 aromatic carbocycles. The number of fused-ring (bicyclic) bond motifs is 1. The van der Waals surface area contributed by atoms with Crippen molar-refractivity contribution in [3.8, 4) is 0 Å². The molecule has 1 fully saturated rings. The molecule has 7 nitrogen and oxygen atoms in total. The van der Waals surface area contributed by atoms with Gasteiger partial charge in [0, 0.05) is 11.6 Å². The molecular formula is C18H20N2O5. The lowest BCUT2D eigenvalue weighted by Gasteiger charge is -2.25. The van der Waals surface area contributed by atoms with Crippen LogP contribution in [0.3, 0.4) is 0 Å². The number of nitrogens with zero attached hydrogens (tertiary/aromatic N) is 1. The molecule has 3 amide bonds. The lowest BCUT2D eigenvalue weighted by atomic mass is 9.98. The Balaban J connectivity index is 1.51. The van der Waals surface area contributed by atoms with Gasteiger partial charge in [0.2, 0.25) is 5.91 Å². The van der Waals surface area contributed by atoms with Crippen LogP contribution in [-0.2, 0) is 25.5 Å². The molecular weight excluding hydrogens is 324 g/mol. The van der Waals surface area contributed by atoms with E-state index >= 15 is 0 Å². The maximum absolute atomic E-state index is 12.3. The SMILES string of the molecule is O=C(COC(=O)CN1C(=O)Cc2ccccc2C1=O)NC1CCCC1. The molecule has 0 atom stereocenters. The maximum atomic E-state index is 12.3. The van der Waals surface area contributed by atoms with Crippen LogP contribution in [0.2, 0.25) is 0 Å². The number of amides is 3. The first kappa shape index (κ1) is 17.1. The number of benzene rings is 1. The monoisotopic (exact) mass is 344 g/mol. The fraction of sp³-hybridized carbons (Fsp3) is 0.444. The van der Waals surface area contributed by atoms with Crippen molar-refractivity contribution >= 4 is 23.7 Å². The molecule has 1 aliphatic carbocycles. The molecule has 3 rings (SSSR count). The molecule has 132 valence electrons. The molecule has 2 aliphatic rings. The molecule has 1 heterocycles. The van der Waals surface area contributed by atoms with Crippen molar-refractivity contribution in [3.63, 3.8) is 0 Å². The van der Waals surface area contributed by atoms with Crippen LogP contribution < -0.4 is 5.32 Å². The number of hydrogen-bond acceptors (Lipinski definition) is 5. The van der Waals surface area contributed by atoms with Crippen molar-refractivity contribution in [1.29, 1.82) is 0 Å². The Kier molecular flexibility index (Phi) is 5.11. The second-order valence-electron chi connectivity index (χ2n) is 6.33. The predicted octanol–water partition coefficient (Wildman–Crippen LogP) is 0.813. The van der Waals surface area contributed by atoms with Crippen LogP contribution in [0.4, 0.5) is 0 Å². The lowest BCUT2D eigenvalue weighted by Crippen LogP contribution is -2.46. The summed E-state index contributed by atoms with van der Waals surface area (Å²) in [5.74, 6) is -2.10. The van der Waals surface area contributed by atoms with E-state index in [0.717, 1.165) is 30.6 Å². The van der Waals surface area contributed by atoms with Crippen LogP contribution in [0.5, 0.6) is 0 Å². The van der Waals surface area contributed by atoms with Gasteiger partial charge in [-0.25, -0.2) is 0 Å². The number of imide groups is 1. The summed E-state index contributed by atoms with van der Waals surface area (Å²) in [7, 11) is 0. The first-order chi connectivity index (χ1) is 12.0. The average Bonchev–Trinajstić information content (AvgIpc) is 3.10. The Morgan fingerprint density at radius 3 is 2.64 bits per heavy atom. The Hall–Kier alpha value is -2.70. The quantitative estimate of drug-likeness (QED) is 0.630. The zero-order valence-electron chi connectivity index (χ0n) is 13.8. The highest BCUT2D eigenvalue weighted by atomic mass is 16.5. The minimum atomic E-state index is -0.775. The number of carbonyl (C=O) groups is 4. The molecule has 1 aliphatic heterocycles. The van der Waals surface area contributed by atoms with Gasteiger partial charge in [-0.1, -0.05) is 31.0 Å². The summed E-state index contributed by atoms with van der Waals surface area (Å²) in [6, 6.07) is 6.95. The molecule has 1 aromatic rings. The Morgan fingerprint density at radius 1 is 1.16 bits per heavy atom. The maximum Gasteiger partial charge on any atom is 0.326 e. The van der Waals surface area contributed by atoms with Gasteiger partial charge in [0.25, 0.3) is 11.8 Å². The molecule has 7 heteroatoms. The van der Waals surface area contributed by atoms with Crippen LogP contribution in [0, 0.1) is 0 Å². The number of hydrogen-bond donors (Lipinski definition) is 1. The number of rotatable bonds is 5. The number of esters is 1. The van der Waals surface area contributed by atoms with E-state index in [0.29, 0.717) is 11.1 Å². The summed E-state index contributed by atoms with van der Waals surface area (Å²) in [4.78, 5) is 49.0. The Labute approximate surface area is 145 Å². The van der Waals surface area contributed by atoms with E-state index in [-0.39, 0.29) is 18.4 Å². The molecule has 0 bridgehead atoms. The minimum absolute atomic E-state index is 0.0668. The van der Waals surface area contributed by atoms with E-state index in [2.05, 4.69) is 5.32 Å². The molecule has 25 heavy (non-hydrogen) atoms. The standard InChI is InChI=1S/C18H20N2O5/c21-15(19-13-6-2-3-7-13)11-25-17(23)10-20-16(22)9-12-5-1-4-8-14(12)18(20)24/h1,4-5,8,13H,2-3,6-7,9-11H2,(H,19,21). The number of carbonyl (C=O) groups excluding carboxylic acids is 4. The number of ether oxygens (including phenoxy) is 1. The van der Waals surface area contributed by atoms with Crippen molar-refractivity contribution in [2.45, 2.75) is 38.1 Å². The van der Waals surface area contributed by atoms with Crippen LogP contribution in [0.25, 0.3) is 0 Å². The van der Waals surface area contributed by atoms with Crippen LogP contribution in [0.1, 0.15) is 41.6 Å². The van der Waals surface area contributed by atoms with Crippen molar-refractivity contribution in [1.82, 2.24) is 10.2 Å². The fourth-order valence-electron chi connectivity index (χ4n) is 3.22. The van der Waals surface area contributed by atoms with Gasteiger partial charge in [0.15, 0.2) is 6.61 Å². The van der Waals surface area contributed by atoms with Gasteiger partial charge >= 0.3 is 5.97 Å². The van der Waals surface area contributed by atoms with E-state index < -0.39 is 30.9 Å². The van der Waals surface area contributed by atoms with Gasteiger partial charge in [-0.2, -0.15) is 0 Å². The van der Waals surface area contributed by atoms with Gasteiger partial charge in [-0.3, -0.25) is 24.1 Å². The fourth-order valence-corrected chi connectivity index (χ4v) is 3.22. The molecule has 0 saturated heterocycles. The van der Waals surface area contributed by atoms with E-state index in [1.54, 1.807) is 24.3 Å². The highest BCUT2D eigenvalue weighted by Gasteiger charge is 2.32. The van der Waals surface area contributed by atoms with Crippen molar-refractivity contribution < 1.29 is 23.9 Å².